The maximum atomic E-state index is 12.5. The minimum absolute atomic E-state index is 0.136. The molecule has 168 valence electrons. The van der Waals surface area contributed by atoms with E-state index in [-0.39, 0.29) is 11.5 Å². The van der Waals surface area contributed by atoms with Crippen LogP contribution in [0.4, 0.5) is 24.5 Å². The minimum atomic E-state index is -5.08. The molecule has 1 amide bonds. The number of nitrogens with zero attached hydrogens (tertiary/aromatic N) is 1. The van der Waals surface area contributed by atoms with Crippen molar-refractivity contribution < 1.29 is 37.8 Å². The Morgan fingerprint density at radius 3 is 1.87 bits per heavy atom. The lowest BCUT2D eigenvalue weighted by molar-refractivity contribution is -0.192. The van der Waals surface area contributed by atoms with Crippen LogP contribution in [-0.2, 0) is 4.79 Å². The first-order valence-corrected chi connectivity index (χ1v) is 9.69. The number of rotatable bonds is 6. The van der Waals surface area contributed by atoms with Crippen LogP contribution in [0.5, 0.6) is 0 Å². The Bertz CT molecular complexity index is 929. The Morgan fingerprint density at radius 1 is 0.968 bits per heavy atom. The van der Waals surface area contributed by atoms with Crippen molar-refractivity contribution in [3.8, 4) is 0 Å². The molecule has 2 aromatic rings. The molecule has 0 unspecified atom stereocenters. The van der Waals surface area contributed by atoms with Crippen molar-refractivity contribution >= 4 is 45.2 Å². The van der Waals surface area contributed by atoms with Gasteiger partial charge in [-0.2, -0.15) is 13.2 Å². The second-order valence-electron chi connectivity index (χ2n) is 5.97. The third-order valence-electron chi connectivity index (χ3n) is 3.94. The summed E-state index contributed by atoms with van der Waals surface area (Å²) in [6.45, 7) is 5.53. The summed E-state index contributed by atoms with van der Waals surface area (Å²) in [5.41, 5.74) is 1.93. The van der Waals surface area contributed by atoms with Gasteiger partial charge in [-0.15, -0.1) is 0 Å². The number of hydrogen-bond acceptors (Lipinski definition) is 4. The fraction of sp³-hybridized carbons (Fsp3) is 0.250. The summed E-state index contributed by atoms with van der Waals surface area (Å²) in [6, 6.07) is 11.8. The summed E-state index contributed by atoms with van der Waals surface area (Å²) < 4.78 is 32.6. The van der Waals surface area contributed by atoms with E-state index >= 15 is 0 Å². The van der Waals surface area contributed by atoms with E-state index in [1.165, 1.54) is 6.07 Å². The quantitative estimate of drug-likeness (QED) is 0.517. The molecule has 31 heavy (non-hydrogen) atoms. The molecule has 0 radical (unpaired) electrons. The highest BCUT2D eigenvalue weighted by molar-refractivity contribution is 9.10. The van der Waals surface area contributed by atoms with Crippen LogP contribution in [0.15, 0.2) is 46.9 Å². The van der Waals surface area contributed by atoms with Gasteiger partial charge in [-0.1, -0.05) is 15.9 Å². The highest BCUT2D eigenvalue weighted by atomic mass is 79.9. The lowest BCUT2D eigenvalue weighted by atomic mass is 10.1. The van der Waals surface area contributed by atoms with Crippen molar-refractivity contribution in [3.05, 3.63) is 58.1 Å². The van der Waals surface area contributed by atoms with Gasteiger partial charge in [-0.05, 0) is 56.3 Å². The summed E-state index contributed by atoms with van der Waals surface area (Å²) in [7, 11) is 0. The average molecular weight is 505 g/mol. The van der Waals surface area contributed by atoms with Crippen molar-refractivity contribution in [1.29, 1.82) is 0 Å². The van der Waals surface area contributed by atoms with Crippen molar-refractivity contribution in [2.24, 2.45) is 0 Å². The fourth-order valence-corrected chi connectivity index (χ4v) is 2.67. The second kappa shape index (κ2) is 11.3. The third kappa shape index (κ3) is 7.93. The van der Waals surface area contributed by atoms with Gasteiger partial charge in [0.05, 0.1) is 16.9 Å². The van der Waals surface area contributed by atoms with Crippen LogP contribution >= 0.6 is 15.9 Å². The first kappa shape index (κ1) is 26.0. The lowest BCUT2D eigenvalue weighted by Crippen LogP contribution is -2.24. The number of aromatic carboxylic acids is 1. The largest absolute Gasteiger partial charge is 0.490 e. The molecule has 0 aliphatic rings. The van der Waals surface area contributed by atoms with E-state index in [1.54, 1.807) is 36.4 Å². The molecular formula is C20H20BrF3N2O5. The van der Waals surface area contributed by atoms with Crippen LogP contribution in [0, 0.1) is 0 Å². The van der Waals surface area contributed by atoms with Gasteiger partial charge >= 0.3 is 18.1 Å². The predicted molar refractivity (Wildman–Crippen MR) is 113 cm³/mol. The number of carbonyl (C=O) groups is 3. The summed E-state index contributed by atoms with van der Waals surface area (Å²) in [5, 5.41) is 19.2. The first-order chi connectivity index (χ1) is 14.4. The molecule has 0 fully saturated rings. The highest BCUT2D eigenvalue weighted by Crippen LogP contribution is 2.28. The lowest BCUT2D eigenvalue weighted by Gasteiger charge is -2.24. The van der Waals surface area contributed by atoms with Gasteiger partial charge in [-0.25, -0.2) is 9.59 Å². The number of nitrogens with one attached hydrogen (secondary N) is 1. The summed E-state index contributed by atoms with van der Waals surface area (Å²) >= 11 is 3.33. The van der Waals surface area contributed by atoms with Gasteiger partial charge in [-0.3, -0.25) is 4.79 Å². The van der Waals surface area contributed by atoms with Crippen LogP contribution in [-0.4, -0.2) is 47.3 Å². The number of benzene rings is 2. The van der Waals surface area contributed by atoms with E-state index in [0.29, 0.717) is 11.3 Å². The Balaban J connectivity index is 0.000000592. The van der Waals surface area contributed by atoms with Gasteiger partial charge in [0.1, 0.15) is 0 Å². The Kier molecular flexibility index (Phi) is 9.50. The number of aliphatic carboxylic acids is 1. The number of amides is 1. The Hall–Kier alpha value is -3.08. The first-order valence-electron chi connectivity index (χ1n) is 8.90. The van der Waals surface area contributed by atoms with Gasteiger partial charge in [0.25, 0.3) is 5.91 Å². The standard InChI is InChI=1S/C18H19BrN2O3.C2HF3O2/c1-3-21(4-2)16-10-7-13(18(23)24)11-15(16)20-17(22)12-5-8-14(19)9-6-12;3-2(4,5)1(6)7/h5-11H,3-4H2,1-2H3,(H,20,22)(H,23,24);(H,6,7). The van der Waals surface area contributed by atoms with Gasteiger partial charge in [0, 0.05) is 23.1 Å². The molecule has 2 rings (SSSR count). The molecule has 0 saturated heterocycles. The zero-order valence-corrected chi connectivity index (χ0v) is 18.1. The van der Waals surface area contributed by atoms with Crippen LogP contribution in [0.25, 0.3) is 0 Å². The Labute approximate surface area is 184 Å². The molecule has 11 heteroatoms. The van der Waals surface area contributed by atoms with Crippen LogP contribution in [0.3, 0.4) is 0 Å². The number of carboxylic acid groups (broad SMARTS) is 2. The van der Waals surface area contributed by atoms with Gasteiger partial charge in [0.2, 0.25) is 0 Å². The number of carbonyl (C=O) groups excluding carboxylic acids is 1. The topological polar surface area (TPSA) is 107 Å². The number of carboxylic acids is 2. The van der Waals surface area contributed by atoms with Crippen LogP contribution < -0.4 is 10.2 Å². The average Bonchev–Trinajstić information content (AvgIpc) is 2.70. The van der Waals surface area contributed by atoms with Crippen molar-refractivity contribution in [3.63, 3.8) is 0 Å². The number of anilines is 2. The van der Waals surface area contributed by atoms with Crippen molar-refractivity contribution in [2.75, 3.05) is 23.3 Å². The van der Waals surface area contributed by atoms with E-state index in [0.717, 1.165) is 23.2 Å². The van der Waals surface area contributed by atoms with E-state index in [9.17, 15) is 27.9 Å². The summed E-state index contributed by atoms with van der Waals surface area (Å²) in [6.07, 6.45) is -5.08. The van der Waals surface area contributed by atoms with Crippen molar-refractivity contribution in [2.45, 2.75) is 20.0 Å². The number of hydrogen-bond donors (Lipinski definition) is 3. The molecule has 2 aromatic carbocycles. The fourth-order valence-electron chi connectivity index (χ4n) is 2.40. The molecule has 0 bridgehead atoms. The smallest absolute Gasteiger partial charge is 0.478 e. The van der Waals surface area contributed by atoms with E-state index < -0.39 is 18.1 Å². The van der Waals surface area contributed by atoms with Crippen LogP contribution in [0.1, 0.15) is 34.6 Å². The molecule has 3 N–H and O–H groups in total. The summed E-state index contributed by atoms with van der Waals surface area (Å²) in [4.78, 5) is 34.7. The molecule has 0 atom stereocenters. The SMILES string of the molecule is CCN(CC)c1ccc(C(=O)O)cc1NC(=O)c1ccc(Br)cc1.O=C(O)C(F)(F)F. The van der Waals surface area contributed by atoms with Crippen LogP contribution in [0.2, 0.25) is 0 Å². The van der Waals surface area contributed by atoms with Gasteiger partial charge in [0.15, 0.2) is 0 Å². The van der Waals surface area contributed by atoms with E-state index in [2.05, 4.69) is 26.1 Å². The monoisotopic (exact) mass is 504 g/mol. The molecule has 0 spiro atoms. The maximum absolute atomic E-state index is 12.5. The molecule has 0 aliphatic carbocycles. The normalized spacial score (nSPS) is 10.5. The summed E-state index contributed by atoms with van der Waals surface area (Å²) in [5.74, 6) is -4.06. The highest BCUT2D eigenvalue weighted by Gasteiger charge is 2.38. The third-order valence-corrected chi connectivity index (χ3v) is 4.47. The van der Waals surface area contributed by atoms with E-state index in [4.69, 9.17) is 9.90 Å². The molecule has 0 heterocycles. The molecular weight excluding hydrogens is 485 g/mol. The molecule has 0 aliphatic heterocycles. The number of alkyl halides is 3. The van der Waals surface area contributed by atoms with E-state index in [1.807, 2.05) is 13.8 Å². The maximum Gasteiger partial charge on any atom is 0.490 e. The molecule has 0 saturated carbocycles. The second-order valence-corrected chi connectivity index (χ2v) is 6.89. The molecule has 7 nitrogen and oxygen atoms in total. The van der Waals surface area contributed by atoms with Crippen molar-refractivity contribution in [1.82, 2.24) is 0 Å². The Morgan fingerprint density at radius 2 is 1.45 bits per heavy atom. The van der Waals surface area contributed by atoms with Gasteiger partial charge < -0.3 is 20.4 Å². The minimum Gasteiger partial charge on any atom is -0.478 e. The zero-order valence-electron chi connectivity index (χ0n) is 16.5. The molecule has 0 aromatic heterocycles. The number of halogens is 4. The zero-order chi connectivity index (χ0) is 23.8. The predicted octanol–water partition coefficient (Wildman–Crippen LogP) is 4.88.